The van der Waals surface area contributed by atoms with Crippen LogP contribution in [0.25, 0.3) is 0 Å². The summed E-state index contributed by atoms with van der Waals surface area (Å²) in [6.45, 7) is 1.88. The molecule has 0 fully saturated rings. The zero-order valence-corrected chi connectivity index (χ0v) is 22.0. The van der Waals surface area contributed by atoms with Gasteiger partial charge in [-0.3, -0.25) is 4.55 Å². The van der Waals surface area contributed by atoms with E-state index in [0.29, 0.717) is 44.6 Å². The molecule has 38 heavy (non-hydrogen) atoms. The summed E-state index contributed by atoms with van der Waals surface area (Å²) >= 11 is 4.49. The fourth-order valence-electron chi connectivity index (χ4n) is 4.23. The normalized spacial score (nSPS) is 15.3. The van der Waals surface area contributed by atoms with E-state index in [-0.39, 0.29) is 10.5 Å². The highest BCUT2D eigenvalue weighted by atomic mass is 32.2. The number of thiol groups is 1. The Labute approximate surface area is 226 Å². The third-order valence-corrected chi connectivity index (χ3v) is 7.26. The van der Waals surface area contributed by atoms with Gasteiger partial charge in [-0.2, -0.15) is 8.42 Å². The van der Waals surface area contributed by atoms with Gasteiger partial charge in [-0.1, -0.05) is 48.5 Å². The fourth-order valence-corrected chi connectivity index (χ4v) is 5.14. The zero-order chi connectivity index (χ0) is 26.9. The molecule has 0 aromatic heterocycles. The van der Waals surface area contributed by atoms with Gasteiger partial charge in [0.05, 0.1) is 28.5 Å². The number of allylic oxidation sites excluding steroid dienone is 2. The predicted octanol–water partition coefficient (Wildman–Crippen LogP) is 6.75. The third-order valence-electron chi connectivity index (χ3n) is 5.98. The molecule has 0 saturated carbocycles. The van der Waals surface area contributed by atoms with Gasteiger partial charge in [0.1, 0.15) is 4.90 Å². The summed E-state index contributed by atoms with van der Waals surface area (Å²) in [5, 5.41) is 3.35. The van der Waals surface area contributed by atoms with Gasteiger partial charge >= 0.3 is 0 Å². The lowest BCUT2D eigenvalue weighted by Gasteiger charge is -2.22. The van der Waals surface area contributed by atoms with Crippen LogP contribution in [0.1, 0.15) is 18.1 Å². The van der Waals surface area contributed by atoms with Crippen molar-refractivity contribution < 1.29 is 13.0 Å². The molecule has 0 heterocycles. The lowest BCUT2D eigenvalue weighted by molar-refractivity contribution is 0.483. The molecule has 0 aliphatic heterocycles. The Morgan fingerprint density at radius 2 is 1.58 bits per heavy atom. The highest BCUT2D eigenvalue weighted by Gasteiger charge is 2.28. The van der Waals surface area contributed by atoms with Gasteiger partial charge in [0.25, 0.3) is 10.1 Å². The number of nitrogens with two attached hydrogens (primary N) is 1. The van der Waals surface area contributed by atoms with Crippen LogP contribution in [0.15, 0.2) is 122 Å². The summed E-state index contributed by atoms with van der Waals surface area (Å²) < 4.78 is 34.9. The van der Waals surface area contributed by atoms with E-state index in [1.165, 1.54) is 6.07 Å². The van der Waals surface area contributed by atoms with Gasteiger partial charge < -0.3 is 11.1 Å². The molecule has 0 bridgehead atoms. The van der Waals surface area contributed by atoms with Crippen LogP contribution in [0, 0.1) is 0 Å². The first-order valence-electron chi connectivity index (χ1n) is 11.7. The maximum atomic E-state index is 12.4. The zero-order valence-electron chi connectivity index (χ0n) is 20.3. The van der Waals surface area contributed by atoms with Crippen molar-refractivity contribution in [2.45, 2.75) is 16.7 Å². The van der Waals surface area contributed by atoms with Crippen molar-refractivity contribution in [2.24, 2.45) is 9.98 Å². The van der Waals surface area contributed by atoms with Crippen LogP contribution >= 0.6 is 12.6 Å². The maximum Gasteiger partial charge on any atom is 0.295 e. The van der Waals surface area contributed by atoms with Gasteiger partial charge in [-0.25, -0.2) is 9.98 Å². The predicted molar refractivity (Wildman–Crippen MR) is 157 cm³/mol. The molecule has 4 N–H and O–H groups in total. The second kappa shape index (κ2) is 10.3. The standard InChI is InChI=1S/C29H24N4O3S2/c1-18-15-25(32-20-11-6-3-7-12-20)28-21(13-8-14-27(28)38(34,35)36)29(18)33-24-17-26(37)22(30)16-23(24)31-19-9-4-2-5-10-19/h2-17,31,37H,30H2,1H3,(H,34,35,36). The van der Waals surface area contributed by atoms with Gasteiger partial charge in [-0.15, -0.1) is 12.6 Å². The minimum atomic E-state index is -4.55. The van der Waals surface area contributed by atoms with Crippen molar-refractivity contribution in [3.63, 3.8) is 0 Å². The van der Waals surface area contributed by atoms with E-state index < -0.39 is 10.1 Å². The minimum Gasteiger partial charge on any atom is -0.398 e. The number of nitrogens with zero attached hydrogens (tertiary/aromatic N) is 2. The van der Waals surface area contributed by atoms with Gasteiger partial charge in [-0.05, 0) is 61.0 Å². The summed E-state index contributed by atoms with van der Waals surface area (Å²) in [6, 6.07) is 27.0. The molecule has 0 amide bonds. The molecule has 9 heteroatoms. The summed E-state index contributed by atoms with van der Waals surface area (Å²) in [6.07, 6.45) is 1.77. The van der Waals surface area contributed by atoms with Crippen molar-refractivity contribution in [1.29, 1.82) is 0 Å². The third kappa shape index (κ3) is 5.26. The van der Waals surface area contributed by atoms with E-state index in [1.54, 1.807) is 30.3 Å². The summed E-state index contributed by atoms with van der Waals surface area (Å²) in [5.74, 6) is 0. The van der Waals surface area contributed by atoms with Crippen molar-refractivity contribution >= 4 is 62.6 Å². The van der Waals surface area contributed by atoms with E-state index in [9.17, 15) is 13.0 Å². The van der Waals surface area contributed by atoms with Crippen molar-refractivity contribution in [3.8, 4) is 0 Å². The van der Waals surface area contributed by atoms with Gasteiger partial charge in [0.2, 0.25) is 0 Å². The Balaban J connectivity index is 1.73. The number of hydrogen-bond donors (Lipinski definition) is 4. The van der Waals surface area contributed by atoms with Crippen LogP contribution in [0.2, 0.25) is 0 Å². The number of benzene rings is 4. The lowest BCUT2D eigenvalue weighted by Crippen LogP contribution is -2.20. The molecule has 5 rings (SSSR count). The van der Waals surface area contributed by atoms with Crippen molar-refractivity contribution in [1.82, 2.24) is 0 Å². The molecule has 0 radical (unpaired) electrons. The van der Waals surface area contributed by atoms with Gasteiger partial charge in [0, 0.05) is 27.4 Å². The molecule has 4 aromatic rings. The molecule has 0 spiro atoms. The number of nitrogens with one attached hydrogen (secondary N) is 1. The molecular weight excluding hydrogens is 516 g/mol. The maximum absolute atomic E-state index is 12.4. The van der Waals surface area contributed by atoms with Crippen molar-refractivity contribution in [2.75, 3.05) is 11.1 Å². The van der Waals surface area contributed by atoms with Crippen LogP contribution in [0.4, 0.5) is 28.4 Å². The Bertz CT molecular complexity index is 1730. The Kier molecular flexibility index (Phi) is 6.90. The van der Waals surface area contributed by atoms with Crippen LogP contribution in [-0.2, 0) is 10.1 Å². The number of nitrogen functional groups attached to an aromatic ring is 1. The molecule has 1 aliphatic carbocycles. The van der Waals surface area contributed by atoms with E-state index in [4.69, 9.17) is 15.7 Å². The quantitative estimate of drug-likeness (QED) is 0.127. The lowest BCUT2D eigenvalue weighted by atomic mass is 9.88. The molecule has 190 valence electrons. The van der Waals surface area contributed by atoms with Crippen LogP contribution < -0.4 is 11.1 Å². The monoisotopic (exact) mass is 540 g/mol. The molecule has 4 aromatic carbocycles. The fraction of sp³-hybridized carbons (Fsp3) is 0.0345. The molecule has 1 aliphatic rings. The minimum absolute atomic E-state index is 0.240. The topological polar surface area (TPSA) is 117 Å². The Morgan fingerprint density at radius 1 is 0.895 bits per heavy atom. The van der Waals surface area contributed by atoms with Crippen molar-refractivity contribution in [3.05, 3.63) is 114 Å². The van der Waals surface area contributed by atoms with E-state index >= 15 is 0 Å². The number of fused-ring (bicyclic) bond motifs is 1. The van der Waals surface area contributed by atoms with Gasteiger partial charge in [0.15, 0.2) is 0 Å². The second-order valence-electron chi connectivity index (χ2n) is 8.69. The molecule has 7 nitrogen and oxygen atoms in total. The largest absolute Gasteiger partial charge is 0.398 e. The molecule has 0 saturated heterocycles. The van der Waals surface area contributed by atoms with Crippen LogP contribution in [0.3, 0.4) is 0 Å². The van der Waals surface area contributed by atoms with E-state index in [0.717, 1.165) is 11.3 Å². The second-order valence-corrected chi connectivity index (χ2v) is 10.6. The average molecular weight is 541 g/mol. The van der Waals surface area contributed by atoms with E-state index in [2.05, 4.69) is 17.9 Å². The molecule has 0 atom stereocenters. The molecule has 0 unspecified atom stereocenters. The van der Waals surface area contributed by atoms with E-state index in [1.807, 2.05) is 67.6 Å². The number of hydrogen-bond acceptors (Lipinski definition) is 7. The SMILES string of the molecule is CC1=CC(=Nc2ccccc2)c2c(cccc2S(=O)(=O)O)C1=Nc1cc(S)c(N)cc1Nc1ccccc1. The first kappa shape index (κ1) is 25.5. The van der Waals surface area contributed by atoms with Crippen LogP contribution in [-0.4, -0.2) is 24.4 Å². The first-order chi connectivity index (χ1) is 18.2. The number of rotatable bonds is 5. The van der Waals surface area contributed by atoms with Crippen LogP contribution in [0.5, 0.6) is 0 Å². The number of para-hydroxylation sites is 2. The Morgan fingerprint density at radius 3 is 2.26 bits per heavy atom. The molecular formula is C29H24N4O3S2. The number of anilines is 3. The Hall–Kier alpha value is -4.18. The first-order valence-corrected chi connectivity index (χ1v) is 13.6. The highest BCUT2D eigenvalue weighted by Crippen LogP contribution is 2.37. The summed E-state index contributed by atoms with van der Waals surface area (Å²) in [4.78, 5) is 9.96. The summed E-state index contributed by atoms with van der Waals surface area (Å²) in [7, 11) is -4.55. The highest BCUT2D eigenvalue weighted by molar-refractivity contribution is 7.86. The number of aliphatic imine (C=N–C) groups is 2. The smallest absolute Gasteiger partial charge is 0.295 e. The average Bonchev–Trinajstić information content (AvgIpc) is 2.89. The summed E-state index contributed by atoms with van der Waals surface area (Å²) in [5.41, 5.74) is 11.9.